The summed E-state index contributed by atoms with van der Waals surface area (Å²) in [6.07, 6.45) is 3.15. The van der Waals surface area contributed by atoms with Crippen molar-refractivity contribution in [2.75, 3.05) is 0 Å². The summed E-state index contributed by atoms with van der Waals surface area (Å²) in [6.45, 7) is 11.1. The lowest BCUT2D eigenvalue weighted by molar-refractivity contribution is 1.10. The van der Waals surface area contributed by atoms with E-state index in [1.807, 2.05) is 6.08 Å². The molecule has 0 aliphatic rings. The van der Waals surface area contributed by atoms with Crippen molar-refractivity contribution in [3.63, 3.8) is 0 Å². The Balaban J connectivity index is 4.11. The third kappa shape index (κ3) is 7.41. The van der Waals surface area contributed by atoms with Crippen LogP contribution in [0.15, 0.2) is 11.6 Å². The maximum Gasteiger partial charge on any atom is 0.129 e. The van der Waals surface area contributed by atoms with Crippen molar-refractivity contribution in [2.24, 2.45) is 0 Å². The van der Waals surface area contributed by atoms with E-state index in [1.54, 1.807) is 0 Å². The minimum absolute atomic E-state index is 1.11. The molecule has 0 amide bonds. The highest BCUT2D eigenvalue weighted by molar-refractivity contribution is 6.83. The van der Waals surface area contributed by atoms with Crippen molar-refractivity contribution in [1.29, 1.82) is 0 Å². The Hall–Kier alpha value is -0.483. The summed E-state index contributed by atoms with van der Waals surface area (Å²) in [6, 6.07) is 0. The molecular weight excluding hydrogens is 148 g/mol. The van der Waals surface area contributed by atoms with Gasteiger partial charge in [0.1, 0.15) is 8.07 Å². The van der Waals surface area contributed by atoms with Crippen molar-refractivity contribution in [3.05, 3.63) is 11.6 Å². The van der Waals surface area contributed by atoms with Crippen LogP contribution in [0.4, 0.5) is 0 Å². The van der Waals surface area contributed by atoms with Gasteiger partial charge >= 0.3 is 0 Å². The first kappa shape index (κ1) is 10.5. The van der Waals surface area contributed by atoms with E-state index in [9.17, 15) is 0 Å². The van der Waals surface area contributed by atoms with Crippen LogP contribution in [-0.2, 0) is 0 Å². The largest absolute Gasteiger partial charge is 0.129 e. The van der Waals surface area contributed by atoms with Gasteiger partial charge < -0.3 is 0 Å². The fourth-order valence-corrected chi connectivity index (χ4v) is 0.983. The number of allylic oxidation sites excluding steroid dienone is 2. The second-order valence-electron chi connectivity index (χ2n) is 3.86. The van der Waals surface area contributed by atoms with Gasteiger partial charge in [-0.25, -0.2) is 0 Å². The van der Waals surface area contributed by atoms with Crippen LogP contribution in [0, 0.1) is 11.5 Å². The van der Waals surface area contributed by atoms with Gasteiger partial charge in [0.05, 0.1) is 0 Å². The Bertz CT molecular complexity index is 195. The van der Waals surface area contributed by atoms with Crippen LogP contribution in [0.3, 0.4) is 0 Å². The Morgan fingerprint density at radius 1 is 1.36 bits per heavy atom. The molecule has 0 bridgehead atoms. The van der Waals surface area contributed by atoms with Crippen molar-refractivity contribution in [1.82, 2.24) is 0 Å². The summed E-state index contributed by atoms with van der Waals surface area (Å²) in [5.41, 5.74) is 4.67. The van der Waals surface area contributed by atoms with Crippen molar-refractivity contribution in [3.8, 4) is 11.5 Å². The molecule has 0 unspecified atom stereocenters. The molecule has 11 heavy (non-hydrogen) atoms. The zero-order chi connectivity index (χ0) is 8.91. The Labute approximate surface area is 71.7 Å². The van der Waals surface area contributed by atoms with Crippen LogP contribution in [-0.4, -0.2) is 8.07 Å². The fraction of sp³-hybridized carbons (Fsp3) is 0.600. The second kappa shape index (κ2) is 4.41. The lowest BCUT2D eigenvalue weighted by Gasteiger charge is -2.02. The smallest absolute Gasteiger partial charge is 0.127 e. The molecular formula is C10H18Si. The van der Waals surface area contributed by atoms with Gasteiger partial charge in [0.25, 0.3) is 0 Å². The maximum atomic E-state index is 3.30. The molecule has 0 aromatic carbocycles. The zero-order valence-electron chi connectivity index (χ0n) is 8.28. The van der Waals surface area contributed by atoms with Crippen molar-refractivity contribution in [2.45, 2.75) is 39.9 Å². The molecule has 0 N–H and O–H groups in total. The molecule has 0 radical (unpaired) electrons. The summed E-state index contributed by atoms with van der Waals surface area (Å²) >= 11 is 0. The average molecular weight is 166 g/mol. The van der Waals surface area contributed by atoms with Crippen LogP contribution >= 0.6 is 0 Å². The van der Waals surface area contributed by atoms with E-state index in [0.29, 0.717) is 0 Å². The van der Waals surface area contributed by atoms with Gasteiger partial charge in [-0.15, -0.1) is 5.54 Å². The van der Waals surface area contributed by atoms with Gasteiger partial charge in [-0.1, -0.05) is 38.1 Å². The third-order valence-electron chi connectivity index (χ3n) is 1.32. The van der Waals surface area contributed by atoms with Crippen molar-refractivity contribution >= 4 is 8.07 Å². The van der Waals surface area contributed by atoms with Crippen LogP contribution < -0.4 is 0 Å². The molecule has 0 aromatic heterocycles. The molecule has 62 valence electrons. The Morgan fingerprint density at radius 3 is 2.27 bits per heavy atom. The molecule has 0 nitrogen and oxygen atoms in total. The standard InChI is InChI=1S/C10H18Si/c1-6-10(2)8-7-9-11(3,4)5/h8H,6H2,1-5H3/b10-8-. The normalized spacial score (nSPS) is 12.3. The van der Waals surface area contributed by atoms with Crippen LogP contribution in [0.1, 0.15) is 20.3 Å². The Kier molecular flexibility index (Phi) is 4.21. The van der Waals surface area contributed by atoms with Crippen LogP contribution in [0.5, 0.6) is 0 Å². The Morgan fingerprint density at radius 2 is 1.91 bits per heavy atom. The first-order chi connectivity index (χ1) is 4.95. The molecule has 0 atom stereocenters. The summed E-state index contributed by atoms with van der Waals surface area (Å²) in [5, 5.41) is 0. The molecule has 0 aromatic rings. The van der Waals surface area contributed by atoms with E-state index in [4.69, 9.17) is 0 Å². The number of rotatable bonds is 1. The van der Waals surface area contributed by atoms with Gasteiger partial charge in [-0.05, 0) is 19.4 Å². The summed E-state index contributed by atoms with van der Waals surface area (Å²) in [7, 11) is -1.14. The molecule has 1 heteroatoms. The molecule has 0 saturated heterocycles. The molecule has 0 fully saturated rings. The summed E-state index contributed by atoms with van der Waals surface area (Å²) < 4.78 is 0. The van der Waals surface area contributed by atoms with Gasteiger partial charge in [0.2, 0.25) is 0 Å². The highest BCUT2D eigenvalue weighted by Crippen LogP contribution is 1.98. The van der Waals surface area contributed by atoms with Crippen molar-refractivity contribution < 1.29 is 0 Å². The maximum absolute atomic E-state index is 3.30. The van der Waals surface area contributed by atoms with Crippen LogP contribution in [0.2, 0.25) is 19.6 Å². The lowest BCUT2D eigenvalue weighted by Crippen LogP contribution is -2.16. The average Bonchev–Trinajstić information content (AvgIpc) is 1.85. The van der Waals surface area contributed by atoms with E-state index in [0.717, 1.165) is 6.42 Å². The molecule has 0 aliphatic carbocycles. The van der Waals surface area contributed by atoms with Gasteiger partial charge in [0.15, 0.2) is 0 Å². The lowest BCUT2D eigenvalue weighted by atomic mass is 10.2. The summed E-state index contributed by atoms with van der Waals surface area (Å²) in [4.78, 5) is 0. The molecule has 0 heterocycles. The predicted octanol–water partition coefficient (Wildman–Crippen LogP) is 3.22. The quantitative estimate of drug-likeness (QED) is 0.414. The second-order valence-corrected chi connectivity index (χ2v) is 8.61. The topological polar surface area (TPSA) is 0 Å². The highest BCUT2D eigenvalue weighted by atomic mass is 28.3. The van der Waals surface area contributed by atoms with E-state index < -0.39 is 8.07 Å². The first-order valence-corrected chi connectivity index (χ1v) is 7.64. The van der Waals surface area contributed by atoms with E-state index in [1.165, 1.54) is 5.57 Å². The van der Waals surface area contributed by atoms with Gasteiger partial charge in [-0.2, -0.15) is 0 Å². The first-order valence-electron chi connectivity index (χ1n) is 4.14. The van der Waals surface area contributed by atoms with Gasteiger partial charge in [0, 0.05) is 0 Å². The minimum Gasteiger partial charge on any atom is -0.127 e. The molecule has 0 aliphatic heterocycles. The zero-order valence-corrected chi connectivity index (χ0v) is 9.28. The van der Waals surface area contributed by atoms with E-state index in [-0.39, 0.29) is 0 Å². The molecule has 0 rings (SSSR count). The predicted molar refractivity (Wildman–Crippen MR) is 55.2 cm³/mol. The van der Waals surface area contributed by atoms with E-state index in [2.05, 4.69) is 45.0 Å². The minimum atomic E-state index is -1.14. The number of hydrogen-bond acceptors (Lipinski definition) is 0. The highest BCUT2D eigenvalue weighted by Gasteiger charge is 2.06. The van der Waals surface area contributed by atoms with E-state index >= 15 is 0 Å². The van der Waals surface area contributed by atoms with Gasteiger partial charge in [-0.3, -0.25) is 0 Å². The number of hydrogen-bond donors (Lipinski definition) is 0. The summed E-state index contributed by atoms with van der Waals surface area (Å²) in [5.74, 6) is 3.13. The molecule has 0 spiro atoms. The molecule has 0 saturated carbocycles. The monoisotopic (exact) mass is 166 g/mol. The van der Waals surface area contributed by atoms with Crippen LogP contribution in [0.25, 0.3) is 0 Å². The third-order valence-corrected chi connectivity index (χ3v) is 2.22. The fourth-order valence-electron chi connectivity index (χ4n) is 0.478. The SMILES string of the molecule is CC/C(C)=C\C#C[Si](C)(C)C.